The molecule has 0 fully saturated rings. The normalized spacial score (nSPS) is 11.3. The van der Waals surface area contributed by atoms with Crippen LogP contribution < -0.4 is 5.56 Å². The number of allylic oxidation sites excluding steroid dienone is 1. The van der Waals surface area contributed by atoms with Crippen LogP contribution in [0.2, 0.25) is 0 Å². The summed E-state index contributed by atoms with van der Waals surface area (Å²) >= 11 is 0. The molecule has 1 aromatic heterocycles. The summed E-state index contributed by atoms with van der Waals surface area (Å²) in [4.78, 5) is 32.1. The highest BCUT2D eigenvalue weighted by Gasteiger charge is 2.08. The number of carbonyl (C=O) groups is 1. The van der Waals surface area contributed by atoms with Crippen molar-refractivity contribution < 1.29 is 14.8 Å². The smallest absolute Gasteiger partial charge is 0.331 e. The molecule has 1 rings (SSSR count). The van der Waals surface area contributed by atoms with Crippen molar-refractivity contribution in [2.45, 2.75) is 19.9 Å². The minimum Gasteiger partial charge on any atom is -0.478 e. The van der Waals surface area contributed by atoms with Gasteiger partial charge < -0.3 is 9.67 Å². The lowest BCUT2D eigenvalue weighted by Gasteiger charge is -2.02. The molecule has 0 saturated heterocycles. The average Bonchev–Trinajstić information content (AvgIpc) is 2.31. The second-order valence-corrected chi connectivity index (χ2v) is 3.52. The average molecular weight is 252 g/mol. The molecular formula is C11H12N2O5. The van der Waals surface area contributed by atoms with Gasteiger partial charge in [-0.1, -0.05) is 13.0 Å². The topological polar surface area (TPSA) is 102 Å². The first kappa shape index (κ1) is 13.6. The fraction of sp³-hybridized carbons (Fsp3) is 0.273. The lowest BCUT2D eigenvalue weighted by molar-refractivity contribution is -0.385. The third kappa shape index (κ3) is 3.27. The monoisotopic (exact) mass is 252 g/mol. The van der Waals surface area contributed by atoms with Crippen LogP contribution in [0, 0.1) is 10.1 Å². The van der Waals surface area contributed by atoms with E-state index in [1.807, 2.05) is 0 Å². The molecule has 1 aromatic rings. The van der Waals surface area contributed by atoms with Crippen molar-refractivity contribution in [3.8, 4) is 0 Å². The number of hydrogen-bond donors (Lipinski definition) is 1. The predicted molar refractivity (Wildman–Crippen MR) is 63.4 cm³/mol. The Hall–Kier alpha value is -2.44. The number of hydrogen-bond acceptors (Lipinski definition) is 4. The van der Waals surface area contributed by atoms with Crippen LogP contribution >= 0.6 is 0 Å². The number of nitrogens with zero attached hydrogens (tertiary/aromatic N) is 2. The van der Waals surface area contributed by atoms with Crippen LogP contribution in [-0.4, -0.2) is 20.6 Å². The molecule has 7 heteroatoms. The van der Waals surface area contributed by atoms with Gasteiger partial charge in [0, 0.05) is 24.3 Å². The molecular weight excluding hydrogens is 240 g/mol. The Labute approximate surface area is 102 Å². The van der Waals surface area contributed by atoms with E-state index in [2.05, 4.69) is 0 Å². The van der Waals surface area contributed by atoms with E-state index in [-0.39, 0.29) is 17.8 Å². The van der Waals surface area contributed by atoms with Crippen molar-refractivity contribution in [1.29, 1.82) is 0 Å². The van der Waals surface area contributed by atoms with Gasteiger partial charge in [0.25, 0.3) is 11.2 Å². The zero-order valence-corrected chi connectivity index (χ0v) is 9.70. The number of nitro groups is 1. The van der Waals surface area contributed by atoms with Gasteiger partial charge in [0.1, 0.15) is 0 Å². The highest BCUT2D eigenvalue weighted by atomic mass is 16.6. The SMILES string of the molecule is CCC(=CCn1cc([N+](=O)[O-])ccc1=O)C(=O)O. The lowest BCUT2D eigenvalue weighted by Crippen LogP contribution is -2.18. The number of rotatable bonds is 5. The van der Waals surface area contributed by atoms with Crippen molar-refractivity contribution in [2.75, 3.05) is 0 Å². The minimum absolute atomic E-state index is 0.00398. The number of pyridine rings is 1. The molecule has 96 valence electrons. The molecule has 0 bridgehead atoms. The number of carboxylic acid groups (broad SMARTS) is 1. The fourth-order valence-corrected chi connectivity index (χ4v) is 1.36. The molecule has 0 radical (unpaired) electrons. The van der Waals surface area contributed by atoms with E-state index in [1.165, 1.54) is 6.08 Å². The van der Waals surface area contributed by atoms with Crippen LogP contribution in [-0.2, 0) is 11.3 Å². The Morgan fingerprint density at radius 1 is 1.56 bits per heavy atom. The molecule has 0 unspecified atom stereocenters. The van der Waals surface area contributed by atoms with E-state index in [0.717, 1.165) is 22.9 Å². The maximum absolute atomic E-state index is 11.4. The number of carboxylic acids is 1. The van der Waals surface area contributed by atoms with Gasteiger partial charge in [-0.05, 0) is 6.42 Å². The van der Waals surface area contributed by atoms with Gasteiger partial charge >= 0.3 is 5.97 Å². The molecule has 0 aromatic carbocycles. The molecule has 1 heterocycles. The zero-order valence-electron chi connectivity index (χ0n) is 9.70. The van der Waals surface area contributed by atoms with Crippen LogP contribution in [0.5, 0.6) is 0 Å². The molecule has 0 aliphatic carbocycles. The summed E-state index contributed by atoms with van der Waals surface area (Å²) in [5.41, 5.74) is -0.470. The second-order valence-electron chi connectivity index (χ2n) is 3.52. The Kier molecular flexibility index (Phi) is 4.36. The molecule has 0 aliphatic rings. The second kappa shape index (κ2) is 5.76. The van der Waals surface area contributed by atoms with Gasteiger partial charge in [-0.25, -0.2) is 4.79 Å². The summed E-state index contributed by atoms with van der Waals surface area (Å²) in [5, 5.41) is 19.3. The van der Waals surface area contributed by atoms with Gasteiger partial charge in [-0.3, -0.25) is 14.9 Å². The number of aromatic nitrogens is 1. The Morgan fingerprint density at radius 2 is 2.22 bits per heavy atom. The van der Waals surface area contributed by atoms with Gasteiger partial charge in [-0.15, -0.1) is 0 Å². The molecule has 18 heavy (non-hydrogen) atoms. The van der Waals surface area contributed by atoms with Crippen LogP contribution in [0.1, 0.15) is 13.3 Å². The highest BCUT2D eigenvalue weighted by Crippen LogP contribution is 2.07. The fourth-order valence-electron chi connectivity index (χ4n) is 1.36. The third-order valence-electron chi connectivity index (χ3n) is 2.37. The molecule has 1 N–H and O–H groups in total. The predicted octanol–water partition coefficient (Wildman–Crippen LogP) is 1.18. The zero-order chi connectivity index (χ0) is 13.7. The summed E-state index contributed by atoms with van der Waals surface area (Å²) in [5.74, 6) is -1.06. The van der Waals surface area contributed by atoms with Crippen molar-refractivity contribution in [1.82, 2.24) is 4.57 Å². The minimum atomic E-state index is -1.06. The van der Waals surface area contributed by atoms with E-state index in [9.17, 15) is 19.7 Å². The highest BCUT2D eigenvalue weighted by molar-refractivity contribution is 5.86. The third-order valence-corrected chi connectivity index (χ3v) is 2.37. The van der Waals surface area contributed by atoms with E-state index in [0.29, 0.717) is 6.42 Å². The van der Waals surface area contributed by atoms with Crippen molar-refractivity contribution in [3.05, 3.63) is 50.4 Å². The standard InChI is InChI=1S/C11H12N2O5/c1-2-8(11(15)16)5-6-12-7-9(13(17)18)3-4-10(12)14/h3-5,7H,2,6H2,1H3,(H,15,16). The lowest BCUT2D eigenvalue weighted by atomic mass is 10.2. The molecule has 0 atom stereocenters. The van der Waals surface area contributed by atoms with Crippen molar-refractivity contribution in [3.63, 3.8) is 0 Å². The Balaban J connectivity index is 3.04. The summed E-state index contributed by atoms with van der Waals surface area (Å²) < 4.78 is 1.09. The van der Waals surface area contributed by atoms with Crippen LogP contribution in [0.15, 0.2) is 34.8 Å². The van der Waals surface area contributed by atoms with Crippen LogP contribution in [0.25, 0.3) is 0 Å². The first-order valence-electron chi connectivity index (χ1n) is 5.23. The van der Waals surface area contributed by atoms with Gasteiger partial charge in [0.2, 0.25) is 0 Å². The van der Waals surface area contributed by atoms with Gasteiger partial charge in [0.15, 0.2) is 0 Å². The largest absolute Gasteiger partial charge is 0.478 e. The molecule has 7 nitrogen and oxygen atoms in total. The van der Waals surface area contributed by atoms with Gasteiger partial charge in [-0.2, -0.15) is 0 Å². The molecule has 0 amide bonds. The van der Waals surface area contributed by atoms with Crippen LogP contribution in [0.3, 0.4) is 0 Å². The van der Waals surface area contributed by atoms with E-state index >= 15 is 0 Å². The Bertz CT molecular complexity index is 559. The maximum Gasteiger partial charge on any atom is 0.331 e. The maximum atomic E-state index is 11.4. The molecule has 0 saturated carbocycles. The first-order chi connectivity index (χ1) is 8.45. The van der Waals surface area contributed by atoms with E-state index in [1.54, 1.807) is 6.92 Å². The summed E-state index contributed by atoms with van der Waals surface area (Å²) in [6, 6.07) is 2.19. The first-order valence-corrected chi connectivity index (χ1v) is 5.23. The summed E-state index contributed by atoms with van der Waals surface area (Å²) in [6.07, 6.45) is 2.78. The quantitative estimate of drug-likeness (QED) is 0.481. The van der Waals surface area contributed by atoms with Crippen molar-refractivity contribution >= 4 is 11.7 Å². The van der Waals surface area contributed by atoms with Crippen molar-refractivity contribution in [2.24, 2.45) is 0 Å². The van der Waals surface area contributed by atoms with Crippen LogP contribution in [0.4, 0.5) is 5.69 Å². The van der Waals surface area contributed by atoms with E-state index < -0.39 is 16.5 Å². The molecule has 0 aliphatic heterocycles. The summed E-state index contributed by atoms with van der Waals surface area (Å²) in [7, 11) is 0. The van der Waals surface area contributed by atoms with E-state index in [4.69, 9.17) is 5.11 Å². The Morgan fingerprint density at radius 3 is 2.72 bits per heavy atom. The van der Waals surface area contributed by atoms with Gasteiger partial charge in [0.05, 0.1) is 11.1 Å². The summed E-state index contributed by atoms with van der Waals surface area (Å²) in [6.45, 7) is 1.67. The molecule has 0 spiro atoms. The number of aliphatic carboxylic acids is 1.